The summed E-state index contributed by atoms with van der Waals surface area (Å²) in [6, 6.07) is 7.61. The van der Waals surface area contributed by atoms with Gasteiger partial charge in [0.25, 0.3) is 0 Å². The van der Waals surface area contributed by atoms with Crippen LogP contribution in [0.5, 0.6) is 0 Å². The molecule has 0 aliphatic carbocycles. The van der Waals surface area contributed by atoms with E-state index in [1.165, 1.54) is 18.2 Å². The zero-order valence-corrected chi connectivity index (χ0v) is 17.4. The number of piperidine rings is 1. The summed E-state index contributed by atoms with van der Waals surface area (Å²) in [6.07, 6.45) is 5.71. The Morgan fingerprint density at radius 1 is 1.14 bits per heavy atom. The number of hydrogen-bond donors (Lipinski definition) is 0. The summed E-state index contributed by atoms with van der Waals surface area (Å²) in [5, 5.41) is 10.3. The molecule has 0 N–H and O–H groups in total. The van der Waals surface area contributed by atoms with Crippen molar-refractivity contribution >= 4 is 29.3 Å². The molecule has 2 fully saturated rings. The van der Waals surface area contributed by atoms with Crippen LogP contribution >= 0.6 is 23.4 Å². The van der Waals surface area contributed by atoms with Crippen LogP contribution in [0.25, 0.3) is 11.4 Å². The first kappa shape index (κ1) is 19.7. The van der Waals surface area contributed by atoms with Gasteiger partial charge in [0.15, 0.2) is 11.0 Å². The Hall–Kier alpha value is -1.57. The average Bonchev–Trinajstić information content (AvgIpc) is 3.38. The summed E-state index contributed by atoms with van der Waals surface area (Å²) in [5.41, 5.74) is 0.962. The molecule has 1 aromatic heterocycles. The normalized spacial score (nSPS) is 19.9. The van der Waals surface area contributed by atoms with E-state index in [1.807, 2.05) is 29.2 Å². The summed E-state index contributed by atoms with van der Waals surface area (Å²) in [5.74, 6) is 1.37. The van der Waals surface area contributed by atoms with Crippen molar-refractivity contribution in [1.29, 1.82) is 0 Å². The number of thioether (sulfide) groups is 1. The smallest absolute Gasteiger partial charge is 0.233 e. The lowest BCUT2D eigenvalue weighted by molar-refractivity contribution is -0.129. The molecule has 6 nitrogen and oxygen atoms in total. The molecular formula is C20H25ClN4O2S. The topological polar surface area (TPSA) is 60.3 Å². The van der Waals surface area contributed by atoms with E-state index < -0.39 is 0 Å². The molecule has 2 aromatic rings. The van der Waals surface area contributed by atoms with Crippen molar-refractivity contribution in [3.63, 3.8) is 0 Å². The molecule has 1 aromatic carbocycles. The van der Waals surface area contributed by atoms with Gasteiger partial charge in [0.2, 0.25) is 5.91 Å². The van der Waals surface area contributed by atoms with Crippen LogP contribution < -0.4 is 0 Å². The molecule has 0 saturated carbocycles. The van der Waals surface area contributed by atoms with Crippen LogP contribution in [-0.4, -0.2) is 57.1 Å². The van der Waals surface area contributed by atoms with E-state index in [4.69, 9.17) is 16.3 Å². The van der Waals surface area contributed by atoms with Gasteiger partial charge < -0.3 is 9.64 Å². The van der Waals surface area contributed by atoms with Crippen molar-refractivity contribution in [2.45, 2.75) is 49.9 Å². The lowest BCUT2D eigenvalue weighted by Crippen LogP contribution is -2.36. The minimum atomic E-state index is 0.166. The second kappa shape index (κ2) is 9.29. The average molecular weight is 421 g/mol. The van der Waals surface area contributed by atoms with E-state index in [1.54, 1.807) is 0 Å². The number of halogens is 1. The lowest BCUT2D eigenvalue weighted by Gasteiger charge is -2.26. The molecule has 2 saturated heterocycles. The number of aromatic nitrogens is 3. The van der Waals surface area contributed by atoms with E-state index in [-0.39, 0.29) is 12.0 Å². The van der Waals surface area contributed by atoms with Gasteiger partial charge in [0.05, 0.1) is 18.4 Å². The summed E-state index contributed by atoms with van der Waals surface area (Å²) in [7, 11) is 0. The highest BCUT2D eigenvalue weighted by Crippen LogP contribution is 2.27. The largest absolute Gasteiger partial charge is 0.376 e. The minimum Gasteiger partial charge on any atom is -0.376 e. The van der Waals surface area contributed by atoms with Crippen LogP contribution in [0.15, 0.2) is 29.4 Å². The van der Waals surface area contributed by atoms with E-state index in [2.05, 4.69) is 14.8 Å². The van der Waals surface area contributed by atoms with E-state index >= 15 is 0 Å². The van der Waals surface area contributed by atoms with Gasteiger partial charge in [-0.15, -0.1) is 10.2 Å². The molecule has 2 aliphatic rings. The third kappa shape index (κ3) is 4.70. The number of amides is 1. The van der Waals surface area contributed by atoms with Gasteiger partial charge in [-0.25, -0.2) is 0 Å². The van der Waals surface area contributed by atoms with E-state index in [0.29, 0.717) is 17.3 Å². The number of nitrogens with zero attached hydrogens (tertiary/aromatic N) is 4. The number of rotatable bonds is 6. The molecule has 3 heterocycles. The van der Waals surface area contributed by atoms with Crippen LogP contribution in [-0.2, 0) is 16.1 Å². The number of carbonyl (C=O) groups excluding carboxylic acids is 1. The third-order valence-electron chi connectivity index (χ3n) is 5.26. The summed E-state index contributed by atoms with van der Waals surface area (Å²) in [4.78, 5) is 14.5. The molecule has 0 bridgehead atoms. The quantitative estimate of drug-likeness (QED) is 0.663. The molecule has 1 atom stereocenters. The lowest BCUT2D eigenvalue weighted by atomic mass is 10.1. The highest BCUT2D eigenvalue weighted by Gasteiger charge is 2.23. The molecule has 1 unspecified atom stereocenters. The van der Waals surface area contributed by atoms with Crippen molar-refractivity contribution in [1.82, 2.24) is 19.7 Å². The Morgan fingerprint density at radius 3 is 2.64 bits per heavy atom. The fourth-order valence-corrected chi connectivity index (χ4v) is 4.70. The van der Waals surface area contributed by atoms with Crippen molar-refractivity contribution < 1.29 is 9.53 Å². The van der Waals surface area contributed by atoms with Gasteiger partial charge in [0, 0.05) is 30.3 Å². The SMILES string of the molecule is O=C(CSc1nnc(-c2ccc(Cl)cc2)n1CC1CCCO1)N1CCCCC1. The van der Waals surface area contributed by atoms with Crippen LogP contribution in [0.1, 0.15) is 32.1 Å². The fraction of sp³-hybridized carbons (Fsp3) is 0.550. The summed E-state index contributed by atoms with van der Waals surface area (Å²) in [6.45, 7) is 3.25. The van der Waals surface area contributed by atoms with Gasteiger partial charge in [-0.1, -0.05) is 23.4 Å². The van der Waals surface area contributed by atoms with E-state index in [0.717, 1.165) is 61.9 Å². The minimum absolute atomic E-state index is 0.166. The number of carbonyl (C=O) groups is 1. The van der Waals surface area contributed by atoms with Crippen LogP contribution in [0.2, 0.25) is 5.02 Å². The Morgan fingerprint density at radius 2 is 1.93 bits per heavy atom. The maximum Gasteiger partial charge on any atom is 0.233 e. The van der Waals surface area contributed by atoms with Crippen LogP contribution in [0.3, 0.4) is 0 Å². The van der Waals surface area contributed by atoms with Gasteiger partial charge in [0.1, 0.15) is 0 Å². The molecule has 4 rings (SSSR count). The first-order chi connectivity index (χ1) is 13.7. The van der Waals surface area contributed by atoms with Crippen molar-refractivity contribution in [3.8, 4) is 11.4 Å². The predicted molar refractivity (Wildman–Crippen MR) is 111 cm³/mol. The first-order valence-corrected chi connectivity index (χ1v) is 11.3. The second-order valence-electron chi connectivity index (χ2n) is 7.29. The maximum absolute atomic E-state index is 12.5. The summed E-state index contributed by atoms with van der Waals surface area (Å²) >= 11 is 7.50. The molecule has 0 radical (unpaired) electrons. The highest BCUT2D eigenvalue weighted by molar-refractivity contribution is 7.99. The third-order valence-corrected chi connectivity index (χ3v) is 6.47. The van der Waals surface area contributed by atoms with Crippen molar-refractivity contribution in [2.75, 3.05) is 25.4 Å². The number of hydrogen-bond acceptors (Lipinski definition) is 5. The molecule has 1 amide bonds. The van der Waals surface area contributed by atoms with Gasteiger partial charge in [-0.3, -0.25) is 9.36 Å². The van der Waals surface area contributed by atoms with Crippen LogP contribution in [0.4, 0.5) is 0 Å². The number of ether oxygens (including phenoxy) is 1. The Balaban J connectivity index is 1.52. The number of benzene rings is 1. The monoisotopic (exact) mass is 420 g/mol. The molecule has 8 heteroatoms. The Bertz CT molecular complexity index is 799. The molecule has 0 spiro atoms. The standard InChI is InChI=1S/C20H25ClN4O2S/c21-16-8-6-15(7-9-16)19-22-23-20(25(19)13-17-5-4-12-27-17)28-14-18(26)24-10-2-1-3-11-24/h6-9,17H,1-5,10-14H2. The van der Waals surface area contributed by atoms with E-state index in [9.17, 15) is 4.79 Å². The molecular weight excluding hydrogens is 396 g/mol. The molecule has 150 valence electrons. The molecule has 2 aliphatic heterocycles. The van der Waals surface area contributed by atoms with Gasteiger partial charge in [-0.2, -0.15) is 0 Å². The molecule has 28 heavy (non-hydrogen) atoms. The zero-order valence-electron chi connectivity index (χ0n) is 15.8. The highest BCUT2D eigenvalue weighted by atomic mass is 35.5. The van der Waals surface area contributed by atoms with Gasteiger partial charge in [-0.05, 0) is 56.4 Å². The van der Waals surface area contributed by atoms with Crippen molar-refractivity contribution in [3.05, 3.63) is 29.3 Å². The maximum atomic E-state index is 12.5. The zero-order chi connectivity index (χ0) is 19.3. The summed E-state index contributed by atoms with van der Waals surface area (Å²) < 4.78 is 7.92. The second-order valence-corrected chi connectivity index (χ2v) is 8.67. The predicted octanol–water partition coefficient (Wildman–Crippen LogP) is 3.88. The Kier molecular flexibility index (Phi) is 6.54. The number of likely N-dealkylation sites (tertiary alicyclic amines) is 1. The fourth-order valence-electron chi connectivity index (χ4n) is 3.73. The van der Waals surface area contributed by atoms with Gasteiger partial charge >= 0.3 is 0 Å². The Labute approximate surface area is 174 Å². The van der Waals surface area contributed by atoms with Crippen LogP contribution in [0, 0.1) is 0 Å². The first-order valence-electron chi connectivity index (χ1n) is 9.92. The van der Waals surface area contributed by atoms with Crippen molar-refractivity contribution in [2.24, 2.45) is 0 Å².